The van der Waals surface area contributed by atoms with Gasteiger partial charge >= 0.3 is 0 Å². The van der Waals surface area contributed by atoms with Gasteiger partial charge in [-0.25, -0.2) is 4.98 Å². The molecule has 1 aromatic carbocycles. The average Bonchev–Trinajstić information content (AvgIpc) is 2.99. The van der Waals surface area contributed by atoms with Crippen molar-refractivity contribution in [3.63, 3.8) is 0 Å². The summed E-state index contributed by atoms with van der Waals surface area (Å²) in [6.07, 6.45) is 2.21. The SMILES string of the molecule is Cc1nc2cc(C(N(C)C)C3(N)CC3)ccc2n1C. The summed E-state index contributed by atoms with van der Waals surface area (Å²) >= 11 is 0. The lowest BCUT2D eigenvalue weighted by Crippen LogP contribution is -2.39. The zero-order valence-electron chi connectivity index (χ0n) is 12.1. The Kier molecular flexibility index (Phi) is 2.69. The molecule has 1 fully saturated rings. The lowest BCUT2D eigenvalue weighted by Gasteiger charge is -2.30. The molecule has 1 saturated carbocycles. The Morgan fingerprint density at radius 1 is 1.37 bits per heavy atom. The minimum atomic E-state index is -0.0546. The average molecular weight is 258 g/mol. The first kappa shape index (κ1) is 12.6. The van der Waals surface area contributed by atoms with Crippen molar-refractivity contribution in [2.75, 3.05) is 14.1 Å². The van der Waals surface area contributed by atoms with Crippen LogP contribution in [0.3, 0.4) is 0 Å². The van der Waals surface area contributed by atoms with Gasteiger partial charge in [-0.3, -0.25) is 0 Å². The maximum Gasteiger partial charge on any atom is 0.106 e. The van der Waals surface area contributed by atoms with Crippen molar-refractivity contribution in [3.05, 3.63) is 29.6 Å². The second-order valence-electron chi connectivity index (χ2n) is 6.07. The molecule has 0 amide bonds. The molecule has 0 radical (unpaired) electrons. The Labute approximate surface area is 114 Å². The third kappa shape index (κ3) is 1.95. The van der Waals surface area contributed by atoms with Gasteiger partial charge in [-0.15, -0.1) is 0 Å². The number of likely N-dealkylation sites (N-methyl/N-ethyl adjacent to an activating group) is 1. The number of hydrogen-bond acceptors (Lipinski definition) is 3. The molecular weight excluding hydrogens is 236 g/mol. The molecule has 4 nitrogen and oxygen atoms in total. The molecule has 0 aliphatic heterocycles. The molecule has 1 aromatic heterocycles. The fourth-order valence-corrected chi connectivity index (χ4v) is 3.07. The van der Waals surface area contributed by atoms with Crippen LogP contribution in [0.15, 0.2) is 18.2 Å². The Hall–Kier alpha value is -1.39. The highest BCUT2D eigenvalue weighted by atomic mass is 15.2. The third-order valence-corrected chi connectivity index (χ3v) is 4.33. The summed E-state index contributed by atoms with van der Waals surface area (Å²) in [5.41, 5.74) is 9.90. The lowest BCUT2D eigenvalue weighted by atomic mass is 9.96. The lowest BCUT2D eigenvalue weighted by molar-refractivity contribution is 0.246. The van der Waals surface area contributed by atoms with E-state index in [-0.39, 0.29) is 11.6 Å². The second-order valence-corrected chi connectivity index (χ2v) is 6.07. The number of nitrogens with zero attached hydrogens (tertiary/aromatic N) is 3. The maximum absolute atomic E-state index is 6.44. The zero-order valence-corrected chi connectivity index (χ0v) is 12.1. The van der Waals surface area contributed by atoms with E-state index < -0.39 is 0 Å². The number of benzene rings is 1. The first-order valence-electron chi connectivity index (χ1n) is 6.81. The summed E-state index contributed by atoms with van der Waals surface area (Å²) < 4.78 is 2.12. The van der Waals surface area contributed by atoms with Crippen LogP contribution in [0.2, 0.25) is 0 Å². The molecule has 19 heavy (non-hydrogen) atoms. The van der Waals surface area contributed by atoms with Gasteiger partial charge in [0.1, 0.15) is 5.82 Å². The van der Waals surface area contributed by atoms with E-state index in [2.05, 4.69) is 53.8 Å². The molecule has 0 bridgehead atoms. The number of aryl methyl sites for hydroxylation is 2. The van der Waals surface area contributed by atoms with Gasteiger partial charge in [0.05, 0.1) is 17.1 Å². The van der Waals surface area contributed by atoms with Crippen LogP contribution in [0.1, 0.15) is 30.3 Å². The van der Waals surface area contributed by atoms with Gasteiger partial charge in [0.25, 0.3) is 0 Å². The Balaban J connectivity index is 2.09. The van der Waals surface area contributed by atoms with Gasteiger partial charge in [-0.2, -0.15) is 0 Å². The minimum Gasteiger partial charge on any atom is -0.331 e. The molecule has 4 heteroatoms. The number of imidazole rings is 1. The summed E-state index contributed by atoms with van der Waals surface area (Å²) in [5, 5.41) is 0. The van der Waals surface area contributed by atoms with Crippen molar-refractivity contribution in [3.8, 4) is 0 Å². The first-order chi connectivity index (χ1) is 8.92. The van der Waals surface area contributed by atoms with Gasteiger partial charge < -0.3 is 15.2 Å². The molecule has 102 valence electrons. The Morgan fingerprint density at radius 3 is 2.63 bits per heavy atom. The monoisotopic (exact) mass is 258 g/mol. The predicted octanol–water partition coefficient (Wildman–Crippen LogP) is 1.98. The van der Waals surface area contributed by atoms with E-state index in [1.54, 1.807) is 0 Å². The molecule has 0 spiro atoms. The van der Waals surface area contributed by atoms with E-state index in [9.17, 15) is 0 Å². The van der Waals surface area contributed by atoms with Gasteiger partial charge in [0, 0.05) is 12.6 Å². The predicted molar refractivity (Wildman–Crippen MR) is 78.0 cm³/mol. The first-order valence-corrected chi connectivity index (χ1v) is 6.81. The highest BCUT2D eigenvalue weighted by molar-refractivity contribution is 5.77. The summed E-state index contributed by atoms with van der Waals surface area (Å²) in [4.78, 5) is 6.85. The van der Waals surface area contributed by atoms with Crippen LogP contribution >= 0.6 is 0 Å². The molecule has 1 unspecified atom stereocenters. The largest absolute Gasteiger partial charge is 0.331 e. The van der Waals surface area contributed by atoms with E-state index in [1.807, 2.05) is 6.92 Å². The summed E-state index contributed by atoms with van der Waals surface area (Å²) in [6, 6.07) is 6.83. The van der Waals surface area contributed by atoms with Crippen LogP contribution in [0.4, 0.5) is 0 Å². The second kappa shape index (κ2) is 4.05. The van der Waals surface area contributed by atoms with Crippen molar-refractivity contribution in [1.29, 1.82) is 0 Å². The Bertz CT molecular complexity index is 622. The molecule has 3 rings (SSSR count). The van der Waals surface area contributed by atoms with E-state index in [1.165, 1.54) is 11.1 Å². The molecule has 2 aromatic rings. The van der Waals surface area contributed by atoms with Gasteiger partial charge in [0.15, 0.2) is 0 Å². The quantitative estimate of drug-likeness (QED) is 0.915. The van der Waals surface area contributed by atoms with Crippen LogP contribution < -0.4 is 5.73 Å². The number of aromatic nitrogens is 2. The van der Waals surface area contributed by atoms with E-state index in [0.29, 0.717) is 0 Å². The molecular formula is C15H22N4. The van der Waals surface area contributed by atoms with Crippen LogP contribution in [0, 0.1) is 6.92 Å². The molecule has 2 N–H and O–H groups in total. The minimum absolute atomic E-state index is 0.0546. The van der Waals surface area contributed by atoms with E-state index in [0.717, 1.165) is 24.2 Å². The van der Waals surface area contributed by atoms with Crippen molar-refractivity contribution < 1.29 is 0 Å². The van der Waals surface area contributed by atoms with Crippen LogP contribution in [-0.4, -0.2) is 34.1 Å². The van der Waals surface area contributed by atoms with Crippen LogP contribution in [0.25, 0.3) is 11.0 Å². The molecule has 1 aliphatic rings. The van der Waals surface area contributed by atoms with Crippen molar-refractivity contribution in [1.82, 2.24) is 14.5 Å². The zero-order chi connectivity index (χ0) is 13.8. The molecule has 1 aliphatic carbocycles. The normalized spacial score (nSPS) is 19.1. The molecule has 1 atom stereocenters. The smallest absolute Gasteiger partial charge is 0.106 e. The summed E-state index contributed by atoms with van der Waals surface area (Å²) in [7, 11) is 6.26. The standard InChI is InChI=1S/C15H22N4/c1-10-17-12-9-11(5-6-13(12)19(10)4)14(18(2)3)15(16)7-8-15/h5-6,9,14H,7-8,16H2,1-4H3. The Morgan fingerprint density at radius 2 is 2.05 bits per heavy atom. The van der Waals surface area contributed by atoms with Gasteiger partial charge in [-0.05, 0) is 51.6 Å². The number of fused-ring (bicyclic) bond motifs is 1. The van der Waals surface area contributed by atoms with Crippen LogP contribution in [0.5, 0.6) is 0 Å². The van der Waals surface area contributed by atoms with Crippen molar-refractivity contribution >= 4 is 11.0 Å². The summed E-state index contributed by atoms with van der Waals surface area (Å²) in [6.45, 7) is 2.04. The van der Waals surface area contributed by atoms with Crippen molar-refractivity contribution in [2.45, 2.75) is 31.3 Å². The third-order valence-electron chi connectivity index (χ3n) is 4.33. The maximum atomic E-state index is 6.44. The molecule has 0 saturated heterocycles. The number of nitrogens with two attached hydrogens (primary N) is 1. The topological polar surface area (TPSA) is 47.1 Å². The van der Waals surface area contributed by atoms with E-state index in [4.69, 9.17) is 5.73 Å². The van der Waals surface area contributed by atoms with Crippen LogP contribution in [-0.2, 0) is 7.05 Å². The fourth-order valence-electron chi connectivity index (χ4n) is 3.07. The van der Waals surface area contributed by atoms with Gasteiger partial charge in [0.2, 0.25) is 0 Å². The summed E-state index contributed by atoms with van der Waals surface area (Å²) in [5.74, 6) is 1.04. The van der Waals surface area contributed by atoms with E-state index >= 15 is 0 Å². The van der Waals surface area contributed by atoms with Gasteiger partial charge in [-0.1, -0.05) is 6.07 Å². The van der Waals surface area contributed by atoms with Crippen molar-refractivity contribution in [2.24, 2.45) is 12.8 Å². The highest BCUT2D eigenvalue weighted by Gasteiger charge is 2.47. The molecule has 1 heterocycles. The number of rotatable bonds is 3. The highest BCUT2D eigenvalue weighted by Crippen LogP contribution is 2.46. The number of hydrogen-bond donors (Lipinski definition) is 1. The fraction of sp³-hybridized carbons (Fsp3) is 0.533.